The van der Waals surface area contributed by atoms with Crippen LogP contribution in [0.15, 0.2) is 34.8 Å². The van der Waals surface area contributed by atoms with Crippen molar-refractivity contribution in [3.05, 3.63) is 41.2 Å². The van der Waals surface area contributed by atoms with E-state index in [4.69, 9.17) is 0 Å². The van der Waals surface area contributed by atoms with Crippen molar-refractivity contribution >= 4 is 11.9 Å². The molecule has 2 unspecified atom stereocenters. The second-order valence-electron chi connectivity index (χ2n) is 5.91. The Labute approximate surface area is 124 Å². The molecule has 21 heavy (non-hydrogen) atoms. The maximum atomic E-state index is 13.1. The minimum absolute atomic E-state index is 0.120. The quantitative estimate of drug-likeness (QED) is 0.925. The SMILES string of the molecule is CC(C)C1C(CO)=C(c2ccc(F)cc2)N=CC1(C)C#N. The Morgan fingerprint density at radius 1 is 1.38 bits per heavy atom. The predicted octanol–water partition coefficient (Wildman–Crippen LogP) is 3.42. The van der Waals surface area contributed by atoms with Gasteiger partial charge in [-0.1, -0.05) is 13.8 Å². The third-order valence-electron chi connectivity index (χ3n) is 3.98. The van der Waals surface area contributed by atoms with Gasteiger partial charge in [0.1, 0.15) is 5.82 Å². The van der Waals surface area contributed by atoms with E-state index in [1.165, 1.54) is 12.1 Å². The Morgan fingerprint density at radius 3 is 2.48 bits per heavy atom. The molecular weight excluding hydrogens is 267 g/mol. The summed E-state index contributed by atoms with van der Waals surface area (Å²) in [6, 6.07) is 8.33. The van der Waals surface area contributed by atoms with Gasteiger partial charge in [-0.15, -0.1) is 0 Å². The van der Waals surface area contributed by atoms with Gasteiger partial charge in [-0.05, 0) is 42.7 Å². The van der Waals surface area contributed by atoms with Crippen LogP contribution in [0.2, 0.25) is 0 Å². The topological polar surface area (TPSA) is 56.4 Å². The first-order valence-electron chi connectivity index (χ1n) is 6.99. The molecule has 0 saturated carbocycles. The third-order valence-corrected chi connectivity index (χ3v) is 3.98. The van der Waals surface area contributed by atoms with Crippen molar-refractivity contribution in [3.63, 3.8) is 0 Å². The van der Waals surface area contributed by atoms with Gasteiger partial charge in [-0.2, -0.15) is 5.26 Å². The Kier molecular flexibility index (Phi) is 4.24. The van der Waals surface area contributed by atoms with Crippen LogP contribution in [0.3, 0.4) is 0 Å². The average molecular weight is 286 g/mol. The summed E-state index contributed by atoms with van der Waals surface area (Å²) in [6.45, 7) is 5.72. The van der Waals surface area contributed by atoms with Crippen molar-refractivity contribution in [2.75, 3.05) is 6.61 Å². The highest BCUT2D eigenvalue weighted by Gasteiger charge is 2.41. The van der Waals surface area contributed by atoms with Crippen LogP contribution in [0, 0.1) is 34.4 Å². The maximum Gasteiger partial charge on any atom is 0.123 e. The molecule has 1 aromatic carbocycles. The van der Waals surface area contributed by atoms with Crippen LogP contribution in [0.25, 0.3) is 5.70 Å². The maximum absolute atomic E-state index is 13.1. The fraction of sp³-hybridized carbons (Fsp3) is 0.412. The summed E-state index contributed by atoms with van der Waals surface area (Å²) in [7, 11) is 0. The molecule has 0 bridgehead atoms. The fourth-order valence-corrected chi connectivity index (χ4v) is 3.11. The molecule has 1 aromatic rings. The second kappa shape index (κ2) is 5.79. The van der Waals surface area contributed by atoms with Crippen LogP contribution < -0.4 is 0 Å². The van der Waals surface area contributed by atoms with E-state index < -0.39 is 5.41 Å². The first-order valence-corrected chi connectivity index (χ1v) is 6.99. The van der Waals surface area contributed by atoms with Gasteiger partial charge in [-0.25, -0.2) is 4.39 Å². The molecule has 3 nitrogen and oxygen atoms in total. The lowest BCUT2D eigenvalue weighted by Crippen LogP contribution is -2.36. The number of aliphatic hydroxyl groups excluding tert-OH is 1. The molecule has 1 heterocycles. The highest BCUT2D eigenvalue weighted by atomic mass is 19.1. The summed E-state index contributed by atoms with van der Waals surface area (Å²) < 4.78 is 13.1. The largest absolute Gasteiger partial charge is 0.392 e. The average Bonchev–Trinajstić information content (AvgIpc) is 2.47. The van der Waals surface area contributed by atoms with Gasteiger partial charge >= 0.3 is 0 Å². The molecule has 1 aliphatic heterocycles. The standard InChI is InChI=1S/C17H19FN2O/c1-11(2)15-14(8-21)16(20-10-17(15,3)9-19)12-4-6-13(18)7-5-12/h4-7,10-11,15,21H,8H2,1-3H3. The molecular formula is C17H19FN2O. The van der Waals surface area contributed by atoms with Crippen molar-refractivity contribution in [2.45, 2.75) is 20.8 Å². The van der Waals surface area contributed by atoms with Gasteiger partial charge in [0.15, 0.2) is 0 Å². The molecule has 110 valence electrons. The number of hydrogen-bond acceptors (Lipinski definition) is 3. The third kappa shape index (κ3) is 2.74. The van der Waals surface area contributed by atoms with E-state index in [0.29, 0.717) is 5.70 Å². The Hall–Kier alpha value is -1.99. The van der Waals surface area contributed by atoms with E-state index in [2.05, 4.69) is 11.1 Å². The van der Waals surface area contributed by atoms with Gasteiger partial charge in [0.25, 0.3) is 0 Å². The van der Waals surface area contributed by atoms with Crippen molar-refractivity contribution in [1.29, 1.82) is 5.26 Å². The van der Waals surface area contributed by atoms with Crippen LogP contribution >= 0.6 is 0 Å². The Morgan fingerprint density at radius 2 is 2.00 bits per heavy atom. The minimum Gasteiger partial charge on any atom is -0.392 e. The molecule has 0 aliphatic carbocycles. The number of rotatable bonds is 3. The molecule has 0 amide bonds. The van der Waals surface area contributed by atoms with Crippen LogP contribution in [-0.4, -0.2) is 17.9 Å². The van der Waals surface area contributed by atoms with Crippen LogP contribution in [0.5, 0.6) is 0 Å². The molecule has 2 rings (SSSR count). The number of halogens is 1. The lowest BCUT2D eigenvalue weighted by molar-refractivity contribution is 0.255. The number of nitriles is 1. The van der Waals surface area contributed by atoms with Crippen molar-refractivity contribution in [1.82, 2.24) is 0 Å². The predicted molar refractivity (Wildman–Crippen MR) is 80.9 cm³/mol. The molecule has 0 saturated heterocycles. The summed E-state index contributed by atoms with van der Waals surface area (Å²) in [4.78, 5) is 4.39. The summed E-state index contributed by atoms with van der Waals surface area (Å²) >= 11 is 0. The van der Waals surface area contributed by atoms with Gasteiger partial charge in [-0.3, -0.25) is 4.99 Å². The smallest absolute Gasteiger partial charge is 0.123 e. The first-order chi connectivity index (χ1) is 9.92. The minimum atomic E-state index is -0.740. The van der Waals surface area contributed by atoms with E-state index in [0.717, 1.165) is 11.1 Å². The van der Waals surface area contributed by atoms with Gasteiger partial charge in [0.2, 0.25) is 0 Å². The van der Waals surface area contributed by atoms with E-state index >= 15 is 0 Å². The van der Waals surface area contributed by atoms with Gasteiger partial charge in [0.05, 0.1) is 23.8 Å². The van der Waals surface area contributed by atoms with Crippen molar-refractivity contribution in [3.8, 4) is 6.07 Å². The van der Waals surface area contributed by atoms with Crippen molar-refractivity contribution < 1.29 is 9.50 Å². The zero-order chi connectivity index (χ0) is 15.6. The molecule has 2 atom stereocenters. The highest BCUT2D eigenvalue weighted by Crippen LogP contribution is 2.43. The lowest BCUT2D eigenvalue weighted by Gasteiger charge is -2.37. The number of benzene rings is 1. The van der Waals surface area contributed by atoms with Crippen LogP contribution in [0.4, 0.5) is 4.39 Å². The fourth-order valence-electron chi connectivity index (χ4n) is 3.11. The first kappa shape index (κ1) is 15.4. The monoisotopic (exact) mass is 286 g/mol. The zero-order valence-electron chi connectivity index (χ0n) is 12.5. The number of nitrogens with zero attached hydrogens (tertiary/aromatic N) is 2. The molecule has 0 spiro atoms. The molecule has 1 aliphatic rings. The Balaban J connectivity index is 2.59. The Bertz CT molecular complexity index is 625. The summed E-state index contributed by atoms with van der Waals surface area (Å²) in [5.74, 6) is -0.254. The second-order valence-corrected chi connectivity index (χ2v) is 5.91. The molecule has 4 heteroatoms. The van der Waals surface area contributed by atoms with Crippen LogP contribution in [-0.2, 0) is 0 Å². The number of aliphatic hydroxyl groups is 1. The number of hydrogen-bond donors (Lipinski definition) is 1. The molecule has 0 aromatic heterocycles. The highest BCUT2D eigenvalue weighted by molar-refractivity contribution is 5.84. The van der Waals surface area contributed by atoms with E-state index in [1.807, 2.05) is 20.8 Å². The van der Waals surface area contributed by atoms with E-state index in [9.17, 15) is 14.8 Å². The summed E-state index contributed by atoms with van der Waals surface area (Å²) in [5, 5.41) is 19.3. The zero-order valence-corrected chi connectivity index (χ0v) is 12.5. The number of aliphatic imine (C=N–C) groups is 1. The van der Waals surface area contributed by atoms with Crippen LogP contribution in [0.1, 0.15) is 26.3 Å². The van der Waals surface area contributed by atoms with Gasteiger partial charge in [0, 0.05) is 17.7 Å². The normalized spacial score (nSPS) is 25.3. The van der Waals surface area contributed by atoms with E-state index in [-0.39, 0.29) is 24.3 Å². The summed E-state index contributed by atoms with van der Waals surface area (Å²) in [5.41, 5.74) is 1.39. The van der Waals surface area contributed by atoms with E-state index in [1.54, 1.807) is 18.3 Å². The van der Waals surface area contributed by atoms with Gasteiger partial charge < -0.3 is 5.11 Å². The molecule has 0 radical (unpaired) electrons. The lowest BCUT2D eigenvalue weighted by atomic mass is 9.67. The summed E-state index contributed by atoms with van der Waals surface area (Å²) in [6.07, 6.45) is 1.65. The molecule has 0 fully saturated rings. The molecule has 1 N–H and O–H groups in total. The van der Waals surface area contributed by atoms with Crippen molar-refractivity contribution in [2.24, 2.45) is 22.2 Å².